The largest absolute Gasteiger partial charge is 0.374 e. The van der Waals surface area contributed by atoms with Gasteiger partial charge in [0.05, 0.1) is 0 Å². The highest BCUT2D eigenvalue weighted by molar-refractivity contribution is 5.84. The molecule has 2 rings (SSSR count). The van der Waals surface area contributed by atoms with Gasteiger partial charge in [-0.05, 0) is 55.5 Å². The zero-order valence-electron chi connectivity index (χ0n) is 14.2. The topological polar surface area (TPSA) is 41.1 Å². The molecule has 0 radical (unpaired) electrons. The Morgan fingerprint density at radius 3 is 2.65 bits per heavy atom. The van der Waals surface area contributed by atoms with E-state index in [0.717, 1.165) is 18.5 Å². The van der Waals surface area contributed by atoms with Crippen molar-refractivity contribution in [3.63, 3.8) is 0 Å². The third-order valence-corrected chi connectivity index (χ3v) is 4.07. The highest BCUT2D eigenvalue weighted by atomic mass is 16.2. The lowest BCUT2D eigenvalue weighted by Crippen LogP contribution is -2.38. The van der Waals surface area contributed by atoms with Crippen LogP contribution in [0.2, 0.25) is 0 Å². The van der Waals surface area contributed by atoms with E-state index in [-0.39, 0.29) is 11.9 Å². The average Bonchev–Trinajstić information content (AvgIpc) is 2.56. The smallest absolute Gasteiger partial charge is 0.242 e. The van der Waals surface area contributed by atoms with Crippen LogP contribution >= 0.6 is 0 Å². The van der Waals surface area contributed by atoms with Crippen LogP contribution < -0.4 is 10.6 Å². The normalized spacial score (nSPS) is 11.8. The van der Waals surface area contributed by atoms with Gasteiger partial charge in [0, 0.05) is 12.2 Å². The summed E-state index contributed by atoms with van der Waals surface area (Å²) in [5.74, 6) is 0.0282. The van der Waals surface area contributed by atoms with E-state index in [9.17, 15) is 4.79 Å². The molecule has 2 N–H and O–H groups in total. The molecule has 1 unspecified atom stereocenters. The molecule has 0 aliphatic heterocycles. The van der Waals surface area contributed by atoms with Crippen LogP contribution in [0, 0.1) is 6.92 Å². The van der Waals surface area contributed by atoms with E-state index in [1.54, 1.807) is 0 Å². The zero-order valence-corrected chi connectivity index (χ0v) is 14.2. The molecule has 0 heterocycles. The number of hydrogen-bond donors (Lipinski definition) is 2. The lowest BCUT2D eigenvalue weighted by atomic mass is 10.1. The van der Waals surface area contributed by atoms with Gasteiger partial charge in [-0.3, -0.25) is 4.79 Å². The van der Waals surface area contributed by atoms with Crippen LogP contribution in [0.25, 0.3) is 0 Å². The number of nitrogens with one attached hydrogen (secondary N) is 2. The highest BCUT2D eigenvalue weighted by Gasteiger charge is 2.12. The van der Waals surface area contributed by atoms with Crippen molar-refractivity contribution in [2.24, 2.45) is 0 Å². The minimum Gasteiger partial charge on any atom is -0.374 e. The van der Waals surface area contributed by atoms with Crippen LogP contribution in [-0.4, -0.2) is 18.5 Å². The fourth-order valence-corrected chi connectivity index (χ4v) is 2.56. The van der Waals surface area contributed by atoms with E-state index in [1.807, 2.05) is 31.2 Å². The number of rotatable bonds is 7. The molecule has 2 aromatic carbocycles. The molecular weight excluding hydrogens is 284 g/mol. The Morgan fingerprint density at radius 1 is 1.13 bits per heavy atom. The third kappa shape index (κ3) is 5.13. The first-order valence-electron chi connectivity index (χ1n) is 8.28. The Balaban J connectivity index is 1.82. The number of amides is 1. The summed E-state index contributed by atoms with van der Waals surface area (Å²) in [6.07, 6.45) is 1.85. The van der Waals surface area contributed by atoms with E-state index in [4.69, 9.17) is 0 Å². The molecule has 1 atom stereocenters. The molecule has 3 heteroatoms. The van der Waals surface area contributed by atoms with Crippen molar-refractivity contribution in [2.75, 3.05) is 11.9 Å². The van der Waals surface area contributed by atoms with Crippen molar-refractivity contribution < 1.29 is 4.79 Å². The summed E-state index contributed by atoms with van der Waals surface area (Å²) in [6.45, 7) is 6.77. The second kappa shape index (κ2) is 8.37. The number of carbonyl (C=O) groups excluding carboxylic acids is 1. The summed E-state index contributed by atoms with van der Waals surface area (Å²) in [6, 6.07) is 16.2. The molecule has 0 saturated carbocycles. The van der Waals surface area contributed by atoms with Crippen LogP contribution in [-0.2, 0) is 17.6 Å². The first-order chi connectivity index (χ1) is 11.1. The summed E-state index contributed by atoms with van der Waals surface area (Å²) in [5.41, 5.74) is 4.81. The predicted octanol–water partition coefficient (Wildman–Crippen LogP) is 3.72. The maximum absolute atomic E-state index is 12.2. The lowest BCUT2D eigenvalue weighted by Gasteiger charge is -2.16. The molecule has 3 nitrogen and oxygen atoms in total. The summed E-state index contributed by atoms with van der Waals surface area (Å²) >= 11 is 0. The van der Waals surface area contributed by atoms with Gasteiger partial charge in [0.25, 0.3) is 0 Å². The molecule has 0 fully saturated rings. The molecule has 0 spiro atoms. The standard InChI is InChI=1S/C20H26N2O/c1-4-17-9-7-11-19(14-17)22-16(3)20(23)21-13-12-18-10-6-5-8-15(18)2/h5-11,14,16,22H,4,12-13H2,1-3H3,(H,21,23). The van der Waals surface area contributed by atoms with Crippen LogP contribution in [0.15, 0.2) is 48.5 Å². The molecule has 23 heavy (non-hydrogen) atoms. The average molecular weight is 310 g/mol. The summed E-state index contributed by atoms with van der Waals surface area (Å²) in [4.78, 5) is 12.2. The van der Waals surface area contributed by atoms with Crippen LogP contribution in [0.1, 0.15) is 30.5 Å². The number of anilines is 1. The maximum atomic E-state index is 12.2. The highest BCUT2D eigenvalue weighted by Crippen LogP contribution is 2.12. The van der Waals surface area contributed by atoms with Gasteiger partial charge in [0.15, 0.2) is 0 Å². The Labute approximate surface area is 139 Å². The summed E-state index contributed by atoms with van der Waals surface area (Å²) < 4.78 is 0. The Bertz CT molecular complexity index is 652. The number of hydrogen-bond acceptors (Lipinski definition) is 2. The van der Waals surface area contributed by atoms with E-state index in [2.05, 4.69) is 48.7 Å². The van der Waals surface area contributed by atoms with Gasteiger partial charge in [-0.2, -0.15) is 0 Å². The monoisotopic (exact) mass is 310 g/mol. The first-order valence-corrected chi connectivity index (χ1v) is 8.28. The van der Waals surface area contributed by atoms with E-state index in [0.29, 0.717) is 6.54 Å². The Hall–Kier alpha value is -2.29. The van der Waals surface area contributed by atoms with E-state index >= 15 is 0 Å². The fraction of sp³-hybridized carbons (Fsp3) is 0.350. The zero-order chi connectivity index (χ0) is 16.7. The molecule has 0 bridgehead atoms. The van der Waals surface area contributed by atoms with Gasteiger partial charge < -0.3 is 10.6 Å². The van der Waals surface area contributed by atoms with Gasteiger partial charge in [0.1, 0.15) is 6.04 Å². The summed E-state index contributed by atoms with van der Waals surface area (Å²) in [5, 5.41) is 6.27. The predicted molar refractivity (Wildman–Crippen MR) is 96.8 cm³/mol. The molecule has 122 valence electrons. The van der Waals surface area contributed by atoms with E-state index in [1.165, 1.54) is 16.7 Å². The molecular formula is C20H26N2O. The molecule has 2 aromatic rings. The van der Waals surface area contributed by atoms with Gasteiger partial charge in [-0.25, -0.2) is 0 Å². The van der Waals surface area contributed by atoms with Crippen molar-refractivity contribution in [1.82, 2.24) is 5.32 Å². The lowest BCUT2D eigenvalue weighted by molar-refractivity contribution is -0.121. The minimum absolute atomic E-state index is 0.0282. The SMILES string of the molecule is CCc1cccc(NC(C)C(=O)NCCc2ccccc2C)c1. The van der Waals surface area contributed by atoms with Crippen molar-refractivity contribution in [1.29, 1.82) is 0 Å². The van der Waals surface area contributed by atoms with Crippen molar-refractivity contribution in [3.05, 3.63) is 65.2 Å². The maximum Gasteiger partial charge on any atom is 0.242 e. The van der Waals surface area contributed by atoms with Crippen molar-refractivity contribution in [3.8, 4) is 0 Å². The summed E-state index contributed by atoms with van der Waals surface area (Å²) in [7, 11) is 0. The third-order valence-electron chi connectivity index (χ3n) is 4.07. The second-order valence-corrected chi connectivity index (χ2v) is 5.89. The van der Waals surface area contributed by atoms with Crippen LogP contribution in [0.4, 0.5) is 5.69 Å². The molecule has 1 amide bonds. The quantitative estimate of drug-likeness (QED) is 0.818. The number of aryl methyl sites for hydroxylation is 2. The van der Waals surface area contributed by atoms with Crippen molar-refractivity contribution in [2.45, 2.75) is 39.7 Å². The Kier molecular flexibility index (Phi) is 6.21. The minimum atomic E-state index is -0.251. The van der Waals surface area contributed by atoms with E-state index < -0.39 is 0 Å². The fourth-order valence-electron chi connectivity index (χ4n) is 2.56. The van der Waals surface area contributed by atoms with Crippen LogP contribution in [0.3, 0.4) is 0 Å². The molecule has 0 saturated heterocycles. The molecule has 0 aromatic heterocycles. The number of benzene rings is 2. The van der Waals surface area contributed by atoms with Gasteiger partial charge in [-0.1, -0.05) is 43.3 Å². The first kappa shape index (κ1) is 17.1. The Morgan fingerprint density at radius 2 is 1.91 bits per heavy atom. The van der Waals surface area contributed by atoms with Gasteiger partial charge in [-0.15, -0.1) is 0 Å². The van der Waals surface area contributed by atoms with Crippen LogP contribution in [0.5, 0.6) is 0 Å². The van der Waals surface area contributed by atoms with Gasteiger partial charge >= 0.3 is 0 Å². The van der Waals surface area contributed by atoms with Crippen molar-refractivity contribution >= 4 is 11.6 Å². The number of carbonyl (C=O) groups is 1. The van der Waals surface area contributed by atoms with Gasteiger partial charge in [0.2, 0.25) is 5.91 Å². The molecule has 0 aliphatic carbocycles. The molecule has 0 aliphatic rings. The second-order valence-electron chi connectivity index (χ2n) is 5.89.